The number of ether oxygens (including phenoxy) is 1. The molecule has 21 heavy (non-hydrogen) atoms. The third-order valence-electron chi connectivity index (χ3n) is 4.82. The van der Waals surface area contributed by atoms with Crippen LogP contribution in [0, 0.1) is 5.92 Å². The summed E-state index contributed by atoms with van der Waals surface area (Å²) in [5, 5.41) is 7.28. The van der Waals surface area contributed by atoms with E-state index in [1.807, 2.05) is 18.2 Å². The molecule has 1 heterocycles. The van der Waals surface area contributed by atoms with Crippen molar-refractivity contribution in [3.8, 4) is 0 Å². The minimum absolute atomic E-state index is 0.279. The molecule has 1 aromatic rings. The van der Waals surface area contributed by atoms with Gasteiger partial charge in [0, 0.05) is 17.8 Å². The summed E-state index contributed by atoms with van der Waals surface area (Å²) in [6.07, 6.45) is 6.39. The highest BCUT2D eigenvalue weighted by molar-refractivity contribution is 5.90. The van der Waals surface area contributed by atoms with Gasteiger partial charge in [-0.05, 0) is 56.3 Å². The van der Waals surface area contributed by atoms with Gasteiger partial charge >= 0.3 is 5.97 Å². The third-order valence-corrected chi connectivity index (χ3v) is 4.82. The molecule has 114 valence electrons. The van der Waals surface area contributed by atoms with Crippen LogP contribution in [-0.2, 0) is 4.74 Å². The molecule has 3 unspecified atom stereocenters. The average molecular weight is 288 g/mol. The topological polar surface area (TPSA) is 50.4 Å². The Morgan fingerprint density at radius 1 is 1.29 bits per heavy atom. The average Bonchev–Trinajstić information content (AvgIpc) is 3.17. The van der Waals surface area contributed by atoms with Crippen molar-refractivity contribution in [2.24, 2.45) is 5.92 Å². The first-order valence-corrected chi connectivity index (χ1v) is 7.96. The lowest BCUT2D eigenvalue weighted by atomic mass is 9.93. The maximum absolute atomic E-state index is 11.6. The molecule has 1 aromatic carbocycles. The van der Waals surface area contributed by atoms with Crippen molar-refractivity contribution in [1.82, 2.24) is 5.32 Å². The van der Waals surface area contributed by atoms with Crippen molar-refractivity contribution in [1.29, 1.82) is 0 Å². The van der Waals surface area contributed by atoms with Crippen molar-refractivity contribution >= 4 is 11.7 Å². The van der Waals surface area contributed by atoms with Crippen LogP contribution in [0.3, 0.4) is 0 Å². The van der Waals surface area contributed by atoms with E-state index in [1.54, 1.807) is 6.07 Å². The first-order chi connectivity index (χ1) is 10.3. The Balaban J connectivity index is 1.69. The summed E-state index contributed by atoms with van der Waals surface area (Å²) in [5.41, 5.74) is 1.63. The number of hydrogen-bond acceptors (Lipinski definition) is 4. The Hall–Kier alpha value is -1.55. The van der Waals surface area contributed by atoms with E-state index in [0.29, 0.717) is 23.6 Å². The van der Waals surface area contributed by atoms with Crippen LogP contribution in [0.2, 0.25) is 0 Å². The molecule has 1 aliphatic heterocycles. The minimum Gasteiger partial charge on any atom is -0.465 e. The van der Waals surface area contributed by atoms with Crippen molar-refractivity contribution < 1.29 is 9.53 Å². The molecule has 4 heteroatoms. The van der Waals surface area contributed by atoms with Crippen LogP contribution in [0.1, 0.15) is 42.5 Å². The Morgan fingerprint density at radius 2 is 2.19 bits per heavy atom. The predicted molar refractivity (Wildman–Crippen MR) is 83.6 cm³/mol. The number of rotatable bonds is 4. The van der Waals surface area contributed by atoms with Crippen molar-refractivity contribution in [2.75, 3.05) is 19.0 Å². The third kappa shape index (κ3) is 3.21. The molecule has 0 radical (unpaired) electrons. The molecule has 0 aromatic heterocycles. The van der Waals surface area contributed by atoms with E-state index in [0.717, 1.165) is 12.2 Å². The molecule has 1 aliphatic carbocycles. The van der Waals surface area contributed by atoms with E-state index < -0.39 is 0 Å². The van der Waals surface area contributed by atoms with E-state index in [1.165, 1.54) is 39.2 Å². The highest BCUT2D eigenvalue weighted by Crippen LogP contribution is 2.34. The standard InChI is InChI=1S/C17H24N2O2/c1-21-17(20)12-5-2-6-13(11-12)19-16-8-3-7-14(16)15-9-4-10-18-15/h2,5-6,11,14-16,18-19H,3-4,7-10H2,1H3. The quantitative estimate of drug-likeness (QED) is 0.837. The maximum atomic E-state index is 11.6. The Morgan fingerprint density at radius 3 is 2.95 bits per heavy atom. The van der Waals surface area contributed by atoms with Crippen LogP contribution in [0.15, 0.2) is 24.3 Å². The lowest BCUT2D eigenvalue weighted by Gasteiger charge is -2.27. The van der Waals surface area contributed by atoms with Gasteiger partial charge in [0.05, 0.1) is 12.7 Å². The smallest absolute Gasteiger partial charge is 0.337 e. The van der Waals surface area contributed by atoms with Gasteiger partial charge in [-0.3, -0.25) is 0 Å². The minimum atomic E-state index is -0.279. The summed E-state index contributed by atoms with van der Waals surface area (Å²) >= 11 is 0. The van der Waals surface area contributed by atoms with Gasteiger partial charge in [-0.25, -0.2) is 4.79 Å². The van der Waals surface area contributed by atoms with Crippen LogP contribution in [0.25, 0.3) is 0 Å². The fraction of sp³-hybridized carbons (Fsp3) is 0.588. The predicted octanol–water partition coefficient (Wildman–Crippen LogP) is 2.81. The highest BCUT2D eigenvalue weighted by atomic mass is 16.5. The zero-order valence-electron chi connectivity index (χ0n) is 12.6. The number of methoxy groups -OCH3 is 1. The van der Waals surface area contributed by atoms with Crippen LogP contribution >= 0.6 is 0 Å². The molecule has 3 atom stereocenters. The summed E-state index contributed by atoms with van der Waals surface area (Å²) in [6, 6.07) is 8.79. The van der Waals surface area contributed by atoms with E-state index in [4.69, 9.17) is 4.74 Å². The normalized spacial score (nSPS) is 28.5. The molecule has 2 aliphatic rings. The number of carbonyl (C=O) groups excluding carboxylic acids is 1. The largest absolute Gasteiger partial charge is 0.465 e. The molecule has 3 rings (SSSR count). The molecular formula is C17H24N2O2. The van der Waals surface area contributed by atoms with E-state index >= 15 is 0 Å². The number of anilines is 1. The molecule has 0 spiro atoms. The van der Waals surface area contributed by atoms with Gasteiger partial charge in [-0.15, -0.1) is 0 Å². The van der Waals surface area contributed by atoms with Crippen LogP contribution in [0.5, 0.6) is 0 Å². The van der Waals surface area contributed by atoms with E-state index in [2.05, 4.69) is 10.6 Å². The molecule has 0 bridgehead atoms. The molecule has 0 amide bonds. The fourth-order valence-electron chi connectivity index (χ4n) is 3.79. The lowest BCUT2D eigenvalue weighted by molar-refractivity contribution is 0.0601. The van der Waals surface area contributed by atoms with Gasteiger partial charge in [0.25, 0.3) is 0 Å². The fourth-order valence-corrected chi connectivity index (χ4v) is 3.79. The van der Waals surface area contributed by atoms with E-state index in [-0.39, 0.29) is 5.97 Å². The van der Waals surface area contributed by atoms with Crippen LogP contribution in [0.4, 0.5) is 5.69 Å². The summed E-state index contributed by atoms with van der Waals surface area (Å²) in [6.45, 7) is 1.16. The van der Waals surface area contributed by atoms with Gasteiger partial charge in [0.15, 0.2) is 0 Å². The number of esters is 1. The maximum Gasteiger partial charge on any atom is 0.337 e. The summed E-state index contributed by atoms with van der Waals surface area (Å²) in [7, 11) is 1.42. The summed E-state index contributed by atoms with van der Waals surface area (Å²) in [5.74, 6) is 0.424. The Labute approximate surface area is 126 Å². The number of carbonyl (C=O) groups is 1. The SMILES string of the molecule is COC(=O)c1cccc(NC2CCCC2C2CCCN2)c1. The molecule has 4 nitrogen and oxygen atoms in total. The molecular weight excluding hydrogens is 264 g/mol. The van der Waals surface area contributed by atoms with Crippen molar-refractivity contribution in [3.63, 3.8) is 0 Å². The highest BCUT2D eigenvalue weighted by Gasteiger charge is 2.34. The first kappa shape index (κ1) is 14.4. The van der Waals surface area contributed by atoms with E-state index in [9.17, 15) is 4.79 Å². The summed E-state index contributed by atoms with van der Waals surface area (Å²) in [4.78, 5) is 11.6. The second-order valence-electron chi connectivity index (χ2n) is 6.12. The zero-order valence-corrected chi connectivity index (χ0v) is 12.6. The first-order valence-electron chi connectivity index (χ1n) is 7.96. The Bertz CT molecular complexity index is 497. The van der Waals surface area contributed by atoms with Crippen molar-refractivity contribution in [3.05, 3.63) is 29.8 Å². The number of hydrogen-bond donors (Lipinski definition) is 2. The van der Waals surface area contributed by atoms with Gasteiger partial charge in [-0.1, -0.05) is 12.5 Å². The monoisotopic (exact) mass is 288 g/mol. The van der Waals surface area contributed by atoms with Crippen molar-refractivity contribution in [2.45, 2.75) is 44.2 Å². The van der Waals surface area contributed by atoms with Crippen LogP contribution < -0.4 is 10.6 Å². The van der Waals surface area contributed by atoms with Gasteiger partial charge in [0.1, 0.15) is 0 Å². The molecule has 1 saturated heterocycles. The second-order valence-corrected chi connectivity index (χ2v) is 6.12. The number of nitrogens with one attached hydrogen (secondary N) is 2. The van der Waals surface area contributed by atoms with Gasteiger partial charge in [0.2, 0.25) is 0 Å². The number of benzene rings is 1. The molecule has 1 saturated carbocycles. The van der Waals surface area contributed by atoms with Gasteiger partial charge in [-0.2, -0.15) is 0 Å². The molecule has 2 fully saturated rings. The summed E-state index contributed by atoms with van der Waals surface area (Å²) < 4.78 is 4.79. The van der Waals surface area contributed by atoms with Gasteiger partial charge < -0.3 is 15.4 Å². The van der Waals surface area contributed by atoms with Crippen LogP contribution in [-0.4, -0.2) is 31.7 Å². The lowest BCUT2D eigenvalue weighted by Crippen LogP contribution is -2.38. The molecule has 2 N–H and O–H groups in total. The Kier molecular flexibility index (Phi) is 4.44. The second kappa shape index (κ2) is 6.48. The zero-order chi connectivity index (χ0) is 14.7.